The maximum Gasteiger partial charge on any atom is 0.227 e. The molecule has 150 valence electrons. The number of morpholine rings is 1. The third-order valence-electron chi connectivity index (χ3n) is 5.45. The van der Waals surface area contributed by atoms with E-state index in [1.165, 1.54) is 6.33 Å². The van der Waals surface area contributed by atoms with Crippen molar-refractivity contribution in [3.8, 4) is 11.1 Å². The van der Waals surface area contributed by atoms with Gasteiger partial charge in [-0.15, -0.1) is 0 Å². The average Bonchev–Trinajstić information content (AvgIpc) is 3.23. The highest BCUT2D eigenvalue weighted by Gasteiger charge is 2.26. The predicted octanol–water partition coefficient (Wildman–Crippen LogP) is 3.16. The SMILES string of the molecule is O=C(Cc1c[nH]c2ccccc12)N1CCO[C@@H](c2ccc(-c3cncnc3)cn2)C1. The number of carbonyl (C=O) groups excluding carboxylic acids is 1. The standard InChI is InChI=1S/C23H21N5O2/c29-23(9-17-13-26-20-4-2-1-3-19(17)20)28-7-8-30-22(14-28)21-6-5-16(12-27-21)18-10-24-15-25-11-18/h1-6,10-13,15,22,26H,7-9,14H2/t22-/m1/s1. The lowest BCUT2D eigenvalue weighted by atomic mass is 10.1. The topological polar surface area (TPSA) is 84.0 Å². The minimum absolute atomic E-state index is 0.103. The van der Waals surface area contributed by atoms with Crippen LogP contribution in [0.1, 0.15) is 17.4 Å². The Hall–Kier alpha value is -3.58. The van der Waals surface area contributed by atoms with Crippen LogP contribution in [0.5, 0.6) is 0 Å². The lowest BCUT2D eigenvalue weighted by Crippen LogP contribution is -2.43. The Labute approximate surface area is 173 Å². The Morgan fingerprint density at radius 3 is 2.80 bits per heavy atom. The molecule has 1 aliphatic heterocycles. The number of fused-ring (bicyclic) bond motifs is 1. The number of amides is 1. The fourth-order valence-corrected chi connectivity index (χ4v) is 3.82. The molecule has 5 rings (SSSR count). The smallest absolute Gasteiger partial charge is 0.227 e. The number of nitrogens with zero attached hydrogens (tertiary/aromatic N) is 4. The Kier molecular flexibility index (Phi) is 4.94. The zero-order valence-corrected chi connectivity index (χ0v) is 16.4. The summed E-state index contributed by atoms with van der Waals surface area (Å²) in [4.78, 5) is 30.7. The molecule has 0 unspecified atom stereocenters. The van der Waals surface area contributed by atoms with Gasteiger partial charge in [-0.3, -0.25) is 9.78 Å². The number of aromatic nitrogens is 4. The van der Waals surface area contributed by atoms with E-state index in [0.29, 0.717) is 26.1 Å². The fourth-order valence-electron chi connectivity index (χ4n) is 3.82. The molecule has 4 heterocycles. The van der Waals surface area contributed by atoms with Crippen molar-refractivity contribution in [3.63, 3.8) is 0 Å². The number of hydrogen-bond donors (Lipinski definition) is 1. The lowest BCUT2D eigenvalue weighted by Gasteiger charge is -2.32. The molecular weight excluding hydrogens is 378 g/mol. The first kappa shape index (κ1) is 18.4. The van der Waals surface area contributed by atoms with E-state index in [-0.39, 0.29) is 12.0 Å². The molecule has 1 amide bonds. The van der Waals surface area contributed by atoms with E-state index >= 15 is 0 Å². The second-order valence-corrected chi connectivity index (χ2v) is 7.33. The number of para-hydroxylation sites is 1. The van der Waals surface area contributed by atoms with Crippen LogP contribution in [0.25, 0.3) is 22.0 Å². The Bertz CT molecular complexity index is 1160. The van der Waals surface area contributed by atoms with Crippen LogP contribution >= 0.6 is 0 Å². The van der Waals surface area contributed by atoms with E-state index in [9.17, 15) is 4.79 Å². The van der Waals surface area contributed by atoms with Gasteiger partial charge < -0.3 is 14.6 Å². The van der Waals surface area contributed by atoms with Crippen molar-refractivity contribution in [1.29, 1.82) is 0 Å². The van der Waals surface area contributed by atoms with Crippen LogP contribution in [0, 0.1) is 0 Å². The van der Waals surface area contributed by atoms with Crippen LogP contribution in [-0.2, 0) is 16.0 Å². The van der Waals surface area contributed by atoms with Crippen molar-refractivity contribution in [2.24, 2.45) is 0 Å². The summed E-state index contributed by atoms with van der Waals surface area (Å²) in [5.74, 6) is 0.103. The molecule has 1 atom stereocenters. The van der Waals surface area contributed by atoms with Crippen LogP contribution < -0.4 is 0 Å². The molecule has 0 spiro atoms. The van der Waals surface area contributed by atoms with Crippen molar-refractivity contribution in [2.45, 2.75) is 12.5 Å². The van der Waals surface area contributed by atoms with E-state index in [1.54, 1.807) is 18.6 Å². The third-order valence-corrected chi connectivity index (χ3v) is 5.45. The van der Waals surface area contributed by atoms with Gasteiger partial charge in [0.15, 0.2) is 0 Å². The minimum atomic E-state index is -0.230. The maximum atomic E-state index is 12.9. The van der Waals surface area contributed by atoms with E-state index in [0.717, 1.165) is 33.3 Å². The summed E-state index contributed by atoms with van der Waals surface area (Å²) >= 11 is 0. The number of aromatic amines is 1. The van der Waals surface area contributed by atoms with Crippen molar-refractivity contribution < 1.29 is 9.53 Å². The van der Waals surface area contributed by atoms with Crippen LogP contribution in [-0.4, -0.2) is 50.4 Å². The number of nitrogens with one attached hydrogen (secondary N) is 1. The van der Waals surface area contributed by atoms with Crippen molar-refractivity contribution in [1.82, 2.24) is 24.8 Å². The quantitative estimate of drug-likeness (QED) is 0.570. The number of ether oxygens (including phenoxy) is 1. The summed E-state index contributed by atoms with van der Waals surface area (Å²) < 4.78 is 5.91. The third kappa shape index (κ3) is 3.67. The van der Waals surface area contributed by atoms with Gasteiger partial charge in [-0.2, -0.15) is 0 Å². The predicted molar refractivity (Wildman–Crippen MR) is 113 cm³/mol. The molecule has 0 saturated carbocycles. The van der Waals surface area contributed by atoms with E-state index in [2.05, 4.69) is 19.9 Å². The van der Waals surface area contributed by atoms with Gasteiger partial charge in [-0.05, 0) is 17.7 Å². The first-order chi connectivity index (χ1) is 14.8. The molecule has 7 heteroatoms. The Morgan fingerprint density at radius 1 is 1.10 bits per heavy atom. The molecule has 0 aliphatic carbocycles. The van der Waals surface area contributed by atoms with Crippen LogP contribution in [0.2, 0.25) is 0 Å². The van der Waals surface area contributed by atoms with Crippen LogP contribution in [0.3, 0.4) is 0 Å². The van der Waals surface area contributed by atoms with E-state index in [1.807, 2.05) is 47.5 Å². The van der Waals surface area contributed by atoms with Crippen LogP contribution in [0.15, 0.2) is 67.5 Å². The van der Waals surface area contributed by atoms with Gasteiger partial charge in [0.05, 0.1) is 25.3 Å². The maximum absolute atomic E-state index is 12.9. The molecular formula is C23H21N5O2. The lowest BCUT2D eigenvalue weighted by molar-refractivity contribution is -0.138. The molecule has 1 saturated heterocycles. The Morgan fingerprint density at radius 2 is 1.97 bits per heavy atom. The Balaban J connectivity index is 1.28. The van der Waals surface area contributed by atoms with Crippen molar-refractivity contribution in [2.75, 3.05) is 19.7 Å². The number of rotatable bonds is 4. The summed E-state index contributed by atoms with van der Waals surface area (Å²) in [5, 5.41) is 1.10. The first-order valence-corrected chi connectivity index (χ1v) is 9.93. The van der Waals surface area contributed by atoms with Gasteiger partial charge in [0.2, 0.25) is 5.91 Å². The van der Waals surface area contributed by atoms with Gasteiger partial charge in [-0.25, -0.2) is 9.97 Å². The summed E-state index contributed by atoms with van der Waals surface area (Å²) in [7, 11) is 0. The van der Waals surface area contributed by atoms with E-state index < -0.39 is 0 Å². The highest BCUT2D eigenvalue weighted by molar-refractivity contribution is 5.88. The molecule has 30 heavy (non-hydrogen) atoms. The molecule has 7 nitrogen and oxygen atoms in total. The number of hydrogen-bond acceptors (Lipinski definition) is 5. The number of pyridine rings is 1. The monoisotopic (exact) mass is 399 g/mol. The zero-order valence-electron chi connectivity index (χ0n) is 16.4. The molecule has 0 bridgehead atoms. The normalized spacial score (nSPS) is 16.7. The molecule has 0 radical (unpaired) electrons. The number of benzene rings is 1. The summed E-state index contributed by atoms with van der Waals surface area (Å²) in [6, 6.07) is 12.0. The molecule has 1 N–H and O–H groups in total. The average molecular weight is 399 g/mol. The number of H-pyrrole nitrogens is 1. The van der Waals surface area contributed by atoms with Gasteiger partial charge >= 0.3 is 0 Å². The largest absolute Gasteiger partial charge is 0.368 e. The zero-order chi connectivity index (χ0) is 20.3. The van der Waals surface area contributed by atoms with Crippen LogP contribution in [0.4, 0.5) is 0 Å². The van der Waals surface area contributed by atoms with Crippen molar-refractivity contribution >= 4 is 16.8 Å². The molecule has 1 fully saturated rings. The summed E-state index contributed by atoms with van der Waals surface area (Å²) in [6.07, 6.45) is 8.88. The first-order valence-electron chi connectivity index (χ1n) is 9.93. The highest BCUT2D eigenvalue weighted by Crippen LogP contribution is 2.25. The second kappa shape index (κ2) is 8.04. The second-order valence-electron chi connectivity index (χ2n) is 7.33. The molecule has 1 aliphatic rings. The van der Waals surface area contributed by atoms with Gasteiger partial charge in [-0.1, -0.05) is 24.3 Å². The van der Waals surface area contributed by atoms with Gasteiger partial charge in [0.25, 0.3) is 0 Å². The fraction of sp³-hybridized carbons (Fsp3) is 0.217. The van der Waals surface area contributed by atoms with Crippen molar-refractivity contribution in [3.05, 3.63) is 78.8 Å². The molecule has 1 aromatic carbocycles. The molecule has 3 aromatic heterocycles. The van der Waals surface area contributed by atoms with E-state index in [4.69, 9.17) is 4.74 Å². The highest BCUT2D eigenvalue weighted by atomic mass is 16.5. The summed E-state index contributed by atoms with van der Waals surface area (Å²) in [5.41, 5.74) is 4.75. The number of carbonyl (C=O) groups is 1. The minimum Gasteiger partial charge on any atom is -0.368 e. The summed E-state index contributed by atoms with van der Waals surface area (Å²) in [6.45, 7) is 1.60. The molecule has 4 aromatic rings. The van der Waals surface area contributed by atoms with Gasteiger partial charge in [0.1, 0.15) is 12.4 Å². The van der Waals surface area contributed by atoms with Gasteiger partial charge in [0, 0.05) is 53.4 Å².